The molecule has 1 aromatic carbocycles. The Morgan fingerprint density at radius 3 is 2.59 bits per heavy atom. The molecule has 2 saturated carbocycles. The third kappa shape index (κ3) is 6.26. The highest BCUT2D eigenvalue weighted by molar-refractivity contribution is 6.05. The molecular weight excluding hydrogens is 576 g/mol. The Morgan fingerprint density at radius 2 is 1.83 bits per heavy atom. The number of nitrogens with one attached hydrogen (secondary N) is 1. The topological polar surface area (TPSA) is 93.1 Å². The van der Waals surface area contributed by atoms with Crippen LogP contribution >= 0.6 is 0 Å². The van der Waals surface area contributed by atoms with Crippen molar-refractivity contribution in [3.05, 3.63) is 47.8 Å². The zero-order chi connectivity index (χ0) is 31.9. The first-order valence-corrected chi connectivity index (χ1v) is 16.9. The van der Waals surface area contributed by atoms with Crippen molar-refractivity contribution in [1.29, 1.82) is 0 Å². The van der Waals surface area contributed by atoms with Gasteiger partial charge in [0.25, 0.3) is 5.91 Å². The lowest BCUT2D eigenvalue weighted by Crippen LogP contribution is -2.35. The van der Waals surface area contributed by atoms with Crippen molar-refractivity contribution in [1.82, 2.24) is 24.3 Å². The molecule has 7 rings (SSSR count). The second-order valence-electron chi connectivity index (χ2n) is 13.9. The summed E-state index contributed by atoms with van der Waals surface area (Å²) in [6, 6.07) is 10.8. The van der Waals surface area contributed by atoms with Crippen LogP contribution in [0, 0.1) is 24.7 Å². The largest absolute Gasteiger partial charge is 0.477 e. The number of nitrogens with zero attached hydrogens (tertiary/aromatic N) is 7. The van der Waals surface area contributed by atoms with E-state index in [2.05, 4.69) is 70.0 Å². The number of pyridine rings is 1. The minimum Gasteiger partial charge on any atom is -0.477 e. The molecule has 242 valence electrons. The van der Waals surface area contributed by atoms with Gasteiger partial charge in [-0.05, 0) is 100 Å². The van der Waals surface area contributed by atoms with Gasteiger partial charge < -0.3 is 14.2 Å². The van der Waals surface area contributed by atoms with Crippen LogP contribution in [-0.2, 0) is 13.6 Å². The normalized spacial score (nSPS) is 22.1. The number of carbonyl (C=O) groups excluding carboxylic acids is 1. The summed E-state index contributed by atoms with van der Waals surface area (Å²) in [7, 11) is 8.34. The average Bonchev–Trinajstić information content (AvgIpc) is 3.74. The molecule has 46 heavy (non-hydrogen) atoms. The highest BCUT2D eigenvalue weighted by atomic mass is 16.5. The molecule has 0 saturated heterocycles. The van der Waals surface area contributed by atoms with Gasteiger partial charge >= 0.3 is 0 Å². The molecular formula is C36H47N8O2+. The van der Waals surface area contributed by atoms with Gasteiger partial charge in [0.15, 0.2) is 0 Å². The molecule has 3 aliphatic rings. The molecule has 2 bridgehead atoms. The zero-order valence-corrected chi connectivity index (χ0v) is 27.9. The van der Waals surface area contributed by atoms with E-state index in [4.69, 9.17) is 14.7 Å². The number of aromatic nitrogens is 5. The van der Waals surface area contributed by atoms with Gasteiger partial charge in [-0.15, -0.1) is 0 Å². The summed E-state index contributed by atoms with van der Waals surface area (Å²) in [6.45, 7) is 3.33. The first-order valence-electron chi connectivity index (χ1n) is 16.9. The lowest BCUT2D eigenvalue weighted by atomic mass is 9.86. The fraction of sp³-hybridized carbons (Fsp3) is 0.528. The van der Waals surface area contributed by atoms with Gasteiger partial charge in [0.1, 0.15) is 20.3 Å². The molecule has 2 fully saturated rings. The van der Waals surface area contributed by atoms with Crippen LogP contribution in [0.25, 0.3) is 22.3 Å². The summed E-state index contributed by atoms with van der Waals surface area (Å²) in [5.74, 6) is 2.92. The van der Waals surface area contributed by atoms with E-state index >= 15 is 0 Å². The van der Waals surface area contributed by atoms with Crippen LogP contribution in [0.4, 0.5) is 11.6 Å². The molecule has 1 N–H and O–H groups in total. The van der Waals surface area contributed by atoms with Crippen LogP contribution in [0.5, 0.6) is 5.88 Å². The lowest BCUT2D eigenvalue weighted by molar-refractivity contribution is -0.462. The quantitative estimate of drug-likeness (QED) is 0.224. The Hall–Kier alpha value is -4.21. The Morgan fingerprint density at radius 1 is 1.02 bits per heavy atom. The van der Waals surface area contributed by atoms with E-state index in [1.54, 1.807) is 10.9 Å². The van der Waals surface area contributed by atoms with Gasteiger partial charge in [-0.1, -0.05) is 0 Å². The van der Waals surface area contributed by atoms with Gasteiger partial charge in [-0.25, -0.2) is 14.2 Å². The smallest absolute Gasteiger partial charge is 0.258 e. The van der Waals surface area contributed by atoms with E-state index in [-0.39, 0.29) is 5.91 Å². The van der Waals surface area contributed by atoms with Gasteiger partial charge in [-0.2, -0.15) is 5.10 Å². The number of aryl methyl sites for hydroxylation is 2. The van der Waals surface area contributed by atoms with Crippen molar-refractivity contribution >= 4 is 34.8 Å². The van der Waals surface area contributed by atoms with E-state index in [0.29, 0.717) is 53.5 Å². The standard InChI is InChI=1S/C36H46N8O2/c1-23-17-27-18-31(38-23)30-20-37-43(5)35(30)46-16-6-7-26(25-10-11-25)22-44-33-15-14-29(19-32(33)39-36(44)40-34(27)45)42(4)28-12-8-24(9-13-28)21-41(2)3/h14-15,17-21,24-26,28H,6-13,16,22H2,1-5H3/p+1/t24?,26-,28?/m1/s1. The van der Waals surface area contributed by atoms with Crippen LogP contribution in [0.1, 0.15) is 67.4 Å². The third-order valence-electron chi connectivity index (χ3n) is 10.2. The number of hydrogen-bond donors (Lipinski definition) is 1. The van der Waals surface area contributed by atoms with Crippen molar-refractivity contribution in [3.63, 3.8) is 0 Å². The number of imidazole rings is 1. The Labute approximate surface area is 271 Å². The minimum absolute atomic E-state index is 0.198. The van der Waals surface area contributed by atoms with E-state index in [0.717, 1.165) is 41.7 Å². The molecule has 0 unspecified atom stereocenters. The van der Waals surface area contributed by atoms with E-state index in [1.165, 1.54) is 44.2 Å². The first-order chi connectivity index (χ1) is 22.2. The second-order valence-corrected chi connectivity index (χ2v) is 13.9. The van der Waals surface area contributed by atoms with Crippen molar-refractivity contribution < 1.29 is 14.1 Å². The summed E-state index contributed by atoms with van der Waals surface area (Å²) < 4.78 is 12.5. The van der Waals surface area contributed by atoms with Crippen molar-refractivity contribution in [3.8, 4) is 17.1 Å². The molecule has 10 nitrogen and oxygen atoms in total. The molecule has 1 aliphatic heterocycles. The molecule has 4 heterocycles. The summed E-state index contributed by atoms with van der Waals surface area (Å²) >= 11 is 0. The Bertz CT molecular complexity index is 1770. The van der Waals surface area contributed by atoms with Crippen molar-refractivity contribution in [2.75, 3.05) is 38.0 Å². The van der Waals surface area contributed by atoms with E-state index in [9.17, 15) is 4.79 Å². The summed E-state index contributed by atoms with van der Waals surface area (Å²) in [6.07, 6.45) is 13.4. The number of amides is 1. The Balaban J connectivity index is 1.22. The number of carbonyl (C=O) groups is 1. The lowest BCUT2D eigenvalue weighted by Gasteiger charge is -2.34. The van der Waals surface area contributed by atoms with E-state index in [1.807, 2.05) is 26.1 Å². The minimum atomic E-state index is -0.198. The number of rotatable bonds is 4. The molecule has 0 spiro atoms. The highest BCUT2D eigenvalue weighted by Gasteiger charge is 2.33. The highest BCUT2D eigenvalue weighted by Crippen LogP contribution is 2.41. The van der Waals surface area contributed by atoms with Crippen LogP contribution < -0.4 is 15.0 Å². The number of fused-ring (bicyclic) bond motifs is 7. The van der Waals surface area contributed by atoms with Crippen LogP contribution in [0.2, 0.25) is 0 Å². The van der Waals surface area contributed by atoms with Gasteiger partial charge in [0, 0.05) is 49.5 Å². The number of benzene rings is 1. The summed E-state index contributed by atoms with van der Waals surface area (Å²) in [4.78, 5) is 26.1. The molecule has 0 radical (unpaired) electrons. The molecule has 1 amide bonds. The monoisotopic (exact) mass is 623 g/mol. The third-order valence-corrected chi connectivity index (χ3v) is 10.2. The average molecular weight is 624 g/mol. The predicted octanol–water partition coefficient (Wildman–Crippen LogP) is 5.93. The molecule has 1 atom stereocenters. The van der Waals surface area contributed by atoms with Gasteiger partial charge in [-0.3, -0.25) is 15.1 Å². The van der Waals surface area contributed by atoms with E-state index < -0.39 is 0 Å². The first kappa shape index (κ1) is 30.4. The summed E-state index contributed by atoms with van der Waals surface area (Å²) in [5.41, 5.74) is 5.91. The van der Waals surface area contributed by atoms with Crippen LogP contribution in [-0.4, -0.2) is 74.8 Å². The fourth-order valence-electron chi connectivity index (χ4n) is 7.57. The number of anilines is 2. The Kier molecular flexibility index (Phi) is 8.29. The fourth-order valence-corrected chi connectivity index (χ4v) is 7.57. The van der Waals surface area contributed by atoms with Crippen molar-refractivity contribution in [2.45, 2.75) is 70.9 Å². The molecule has 10 heteroatoms. The maximum Gasteiger partial charge on any atom is 0.258 e. The van der Waals surface area contributed by atoms with Gasteiger partial charge in [0.2, 0.25) is 11.8 Å². The van der Waals surface area contributed by atoms with Crippen molar-refractivity contribution in [2.24, 2.45) is 24.8 Å². The number of ether oxygens (including phenoxy) is 1. The van der Waals surface area contributed by atoms with Crippen LogP contribution in [0.15, 0.2) is 36.5 Å². The predicted molar refractivity (Wildman–Crippen MR) is 182 cm³/mol. The van der Waals surface area contributed by atoms with Gasteiger partial charge in [0.05, 0.1) is 35.1 Å². The number of hydrogen-bond acceptors (Lipinski definition) is 6. The SMILES string of the molecule is Cc1cc2cc(n1)-c1cnn(C)c1OCCC[C@@H](C1CC1)Cn1c(nc3cc(N(C)C4CCC(C=[N+](C)C)CC4)ccc31)NC2=O. The zero-order valence-electron chi connectivity index (χ0n) is 27.9. The maximum absolute atomic E-state index is 13.9. The molecule has 3 aromatic heterocycles. The van der Waals surface area contributed by atoms with Crippen LogP contribution in [0.3, 0.4) is 0 Å². The second kappa shape index (κ2) is 12.5. The summed E-state index contributed by atoms with van der Waals surface area (Å²) in [5, 5.41) is 7.65. The molecule has 4 aromatic rings. The molecule has 2 aliphatic carbocycles. The maximum atomic E-state index is 13.9.